The van der Waals surface area contributed by atoms with Crippen molar-refractivity contribution in [2.24, 2.45) is 45.3 Å². The fourth-order valence-corrected chi connectivity index (χ4v) is 16.5. The zero-order valence-corrected chi connectivity index (χ0v) is 40.2. The number of carbonyl (C=O) groups excluding carboxylic acids is 2. The zero-order chi connectivity index (χ0) is 48.4. The van der Waals surface area contributed by atoms with Gasteiger partial charge in [0, 0.05) is 81.0 Å². The highest BCUT2D eigenvalue weighted by Gasteiger charge is 2.77. The van der Waals surface area contributed by atoms with Gasteiger partial charge in [0.05, 0.1) is 29.2 Å². The minimum atomic E-state index is -3.06. The van der Waals surface area contributed by atoms with E-state index in [1.807, 2.05) is 13.0 Å². The number of rotatable bonds is 10. The summed E-state index contributed by atoms with van der Waals surface area (Å²) in [5.74, 6) is 0.595. The topological polar surface area (TPSA) is 239 Å². The molecule has 7 bridgehead atoms. The lowest BCUT2D eigenvalue weighted by Crippen LogP contribution is -2.70. The van der Waals surface area contributed by atoms with Crippen LogP contribution in [-0.4, -0.2) is 151 Å². The maximum atomic E-state index is 15.2. The summed E-state index contributed by atoms with van der Waals surface area (Å²) in [4.78, 5) is 31.6. The molecular weight excluding hydrogens is 873 g/mol. The van der Waals surface area contributed by atoms with Gasteiger partial charge in [-0.25, -0.2) is 0 Å². The molecule has 17 atom stereocenters. The van der Waals surface area contributed by atoms with Crippen molar-refractivity contribution >= 4 is 11.7 Å². The number of nitrogens with one attached hydrogen (secondary N) is 1. The summed E-state index contributed by atoms with van der Waals surface area (Å²) in [7, 11) is 1.66. The number of benzene rings is 1. The van der Waals surface area contributed by atoms with E-state index in [0.29, 0.717) is 96.0 Å². The van der Waals surface area contributed by atoms with Crippen molar-refractivity contribution in [3.63, 3.8) is 0 Å². The Morgan fingerprint density at radius 3 is 2.50 bits per heavy atom. The van der Waals surface area contributed by atoms with Gasteiger partial charge in [-0.2, -0.15) is 0 Å². The summed E-state index contributed by atoms with van der Waals surface area (Å²) in [5, 5.41) is 99.7. The van der Waals surface area contributed by atoms with Gasteiger partial charge in [0.1, 0.15) is 29.8 Å². The molecule has 4 saturated carbocycles. The first kappa shape index (κ1) is 48.6. The molecule has 11 rings (SSSR count). The fraction of sp³-hybridized carbons (Fsp3) is 0.774. The Kier molecular flexibility index (Phi) is 12.2. The van der Waals surface area contributed by atoms with Gasteiger partial charge in [-0.1, -0.05) is 31.9 Å². The third kappa shape index (κ3) is 6.78. The Labute approximate surface area is 399 Å². The van der Waals surface area contributed by atoms with Crippen LogP contribution >= 0.6 is 0 Å². The van der Waals surface area contributed by atoms with E-state index in [9.17, 15) is 45.6 Å². The molecule has 2 spiro atoms. The van der Waals surface area contributed by atoms with E-state index >= 15 is 4.79 Å². The van der Waals surface area contributed by atoms with Gasteiger partial charge in [-0.15, -0.1) is 5.92 Å². The molecule has 5 aliphatic carbocycles. The van der Waals surface area contributed by atoms with Crippen molar-refractivity contribution in [3.05, 3.63) is 41.0 Å². The summed E-state index contributed by atoms with van der Waals surface area (Å²) in [6.07, 6.45) is 3.60. The third-order valence-corrected chi connectivity index (χ3v) is 20.2. The van der Waals surface area contributed by atoms with E-state index in [1.165, 1.54) is 6.92 Å². The Hall–Kier alpha value is -2.98. The van der Waals surface area contributed by atoms with Gasteiger partial charge in [0.2, 0.25) is 11.7 Å². The van der Waals surface area contributed by atoms with Gasteiger partial charge in [0.15, 0.2) is 5.78 Å². The lowest BCUT2D eigenvalue weighted by atomic mass is 9.39. The third-order valence-electron chi connectivity index (χ3n) is 20.2. The van der Waals surface area contributed by atoms with Gasteiger partial charge >= 0.3 is 0 Å². The molecule has 9 N–H and O–H groups in total. The molecule has 3 saturated heterocycles. The van der Waals surface area contributed by atoms with Crippen molar-refractivity contribution in [1.82, 2.24) is 10.2 Å². The monoisotopic (exact) mass is 947 g/mol. The molecule has 10 aliphatic rings. The highest BCUT2D eigenvalue weighted by atomic mass is 16.6. The van der Waals surface area contributed by atoms with Gasteiger partial charge < -0.3 is 60.0 Å². The molecule has 0 radical (unpaired) electrons. The number of ketones is 1. The molecule has 7 fully saturated rings. The molecule has 17 unspecified atom stereocenters. The van der Waals surface area contributed by atoms with Crippen LogP contribution in [0.1, 0.15) is 121 Å². The van der Waals surface area contributed by atoms with Crippen LogP contribution in [0.5, 0.6) is 5.75 Å². The lowest BCUT2D eigenvalue weighted by Gasteiger charge is -2.64. The van der Waals surface area contributed by atoms with Crippen LogP contribution in [0.3, 0.4) is 0 Å². The van der Waals surface area contributed by atoms with Crippen molar-refractivity contribution in [2.45, 2.75) is 170 Å². The predicted octanol–water partition coefficient (Wildman–Crippen LogP) is 2.57. The Morgan fingerprint density at radius 2 is 1.75 bits per heavy atom. The van der Waals surface area contributed by atoms with Crippen LogP contribution in [0.25, 0.3) is 0 Å². The lowest BCUT2D eigenvalue weighted by molar-refractivity contribution is -0.345. The van der Waals surface area contributed by atoms with E-state index in [1.54, 1.807) is 30.2 Å². The number of amides is 1. The van der Waals surface area contributed by atoms with Crippen LogP contribution < -0.4 is 5.32 Å². The average Bonchev–Trinajstić information content (AvgIpc) is 3.60. The number of methoxy groups -OCH3 is 1. The van der Waals surface area contributed by atoms with Gasteiger partial charge in [0.25, 0.3) is 0 Å². The number of nitrogens with zero attached hydrogens (tertiary/aromatic N) is 1. The van der Waals surface area contributed by atoms with Crippen LogP contribution in [0.2, 0.25) is 0 Å². The summed E-state index contributed by atoms with van der Waals surface area (Å²) in [5.41, 5.74) is -5.74. The molecule has 68 heavy (non-hydrogen) atoms. The average molecular weight is 947 g/mol. The molecule has 5 aliphatic heterocycles. The first-order chi connectivity index (χ1) is 32.3. The summed E-state index contributed by atoms with van der Waals surface area (Å²) >= 11 is 0. The molecule has 1 amide bonds. The van der Waals surface area contributed by atoms with Crippen LogP contribution in [0.4, 0.5) is 0 Å². The van der Waals surface area contributed by atoms with Crippen LogP contribution in [-0.2, 0) is 30.2 Å². The number of fused-ring (bicyclic) bond motifs is 4. The van der Waals surface area contributed by atoms with Crippen LogP contribution in [0, 0.1) is 57.2 Å². The number of phenols is 1. The van der Waals surface area contributed by atoms with Gasteiger partial charge in [-0.3, -0.25) is 14.9 Å². The van der Waals surface area contributed by atoms with Gasteiger partial charge in [-0.05, 0) is 131 Å². The van der Waals surface area contributed by atoms with Crippen molar-refractivity contribution in [3.8, 4) is 17.6 Å². The fourth-order valence-electron chi connectivity index (χ4n) is 16.5. The number of carbonyl (C=O) groups is 2. The molecule has 1 aromatic rings. The van der Waals surface area contributed by atoms with E-state index in [0.717, 1.165) is 17.5 Å². The van der Waals surface area contributed by atoms with E-state index in [2.05, 4.69) is 24.1 Å². The smallest absolute Gasteiger partial charge is 0.240 e. The first-order valence-corrected chi connectivity index (χ1v) is 25.5. The number of hydrogen-bond donors (Lipinski definition) is 9. The number of allylic oxidation sites excluding steroid dienone is 1. The molecule has 0 aromatic heterocycles. The molecule has 374 valence electrons. The highest BCUT2D eigenvalue weighted by Crippen LogP contribution is 2.74. The molecular formula is C53H74N2O13. The molecule has 1 aromatic carbocycles. The second-order valence-electron chi connectivity index (χ2n) is 23.1. The van der Waals surface area contributed by atoms with Crippen LogP contribution in [0.15, 0.2) is 29.8 Å². The number of aliphatic hydroxyl groups is 7. The molecule has 15 nitrogen and oxygen atoms in total. The number of aliphatic hydroxyl groups excluding tert-OH is 3. The van der Waals surface area contributed by atoms with Crippen molar-refractivity contribution in [2.75, 3.05) is 40.1 Å². The van der Waals surface area contributed by atoms with E-state index in [-0.39, 0.29) is 55.0 Å². The quantitative estimate of drug-likeness (QED) is 0.0710. The largest absolute Gasteiger partial charge is 0.508 e. The number of hydrogen-bond acceptors (Lipinski definition) is 14. The number of piperidine rings is 1. The zero-order valence-electron chi connectivity index (χ0n) is 40.2. The SMILES string of the molecule is COCCCOC1CCC2(C)C(C1)C(=O)C=C1C3(O)CCC4C(C)(O)C(O)(O)C5OC6C(O)NC(C(=O)N7CC7CC#CC12CCC43C)C1(CCC(c2cccc(O)c2CCCO)C1)C6C5CO. The predicted molar refractivity (Wildman–Crippen MR) is 246 cm³/mol. The standard InChI is InChI=1S/C53H74N2O13/c1-47-17-14-32(67-24-8-23-66-4)25-36(47)38(59)26-40-51(47)16-6-9-31-28-55(31)46(61)43-50(18-13-30(27-50)33-10-5-12-37(58)34(33)11-7-22-56)41-35(29-57)44(68-42(41)45(60)54-43)53(64,65)49(3,62)39-15-19-52(40,63)48(39,2)20-21-51/h5,10,12,26,30-32,35-36,39,41-45,54,56-58,60,62-65H,7-9,11,13-15,17-25,27-29H2,1-4H3. The summed E-state index contributed by atoms with van der Waals surface area (Å²) in [6, 6.07) is 4.17. The minimum absolute atomic E-state index is 0.0554. The number of phenolic OH excluding ortho intramolecular Hbond substituents is 1. The highest BCUT2D eigenvalue weighted by molar-refractivity contribution is 5.96. The van der Waals surface area contributed by atoms with Crippen molar-refractivity contribution in [1.29, 1.82) is 0 Å². The summed E-state index contributed by atoms with van der Waals surface area (Å²) < 4.78 is 18.2. The second kappa shape index (κ2) is 17.1. The summed E-state index contributed by atoms with van der Waals surface area (Å²) in [6.45, 7) is 6.23. The maximum Gasteiger partial charge on any atom is 0.240 e. The number of aromatic hydroxyl groups is 1. The molecule has 5 heterocycles. The molecule has 15 heteroatoms. The first-order valence-electron chi connectivity index (χ1n) is 25.5. The Morgan fingerprint density at radius 1 is 0.956 bits per heavy atom. The maximum absolute atomic E-state index is 15.2. The normalized spacial score (nSPS) is 46.7. The second-order valence-corrected chi connectivity index (χ2v) is 23.1. The number of ether oxygens (including phenoxy) is 3. The Balaban J connectivity index is 1.08. The van der Waals surface area contributed by atoms with E-state index < -0.39 is 93.4 Å². The van der Waals surface area contributed by atoms with E-state index in [4.69, 9.17) is 14.2 Å². The Bertz CT molecular complexity index is 2260. The van der Waals surface area contributed by atoms with Crippen molar-refractivity contribution < 1.29 is 64.7 Å². The minimum Gasteiger partial charge on any atom is -0.508 e.